The van der Waals surface area contributed by atoms with Gasteiger partial charge in [-0.15, -0.1) is 0 Å². The molecule has 0 aromatic rings. The van der Waals surface area contributed by atoms with Crippen LogP contribution in [0, 0.1) is 58.7 Å². The van der Waals surface area contributed by atoms with Crippen molar-refractivity contribution < 1.29 is 0 Å². The molecule has 33 heavy (non-hydrogen) atoms. The minimum absolute atomic E-state index is 0.528. The van der Waals surface area contributed by atoms with E-state index in [2.05, 4.69) is 90.0 Å². The van der Waals surface area contributed by atoms with Crippen LogP contribution in [0.2, 0.25) is 0 Å². The van der Waals surface area contributed by atoms with E-state index in [0.717, 1.165) is 53.3 Å². The molecule has 0 fully saturated rings. The quantitative estimate of drug-likeness (QED) is 0.178. The molecule has 0 saturated carbocycles. The Balaban J connectivity index is 4.44. The number of rotatable bonds is 19. The molecule has 0 nitrogen and oxygen atoms in total. The SMILES string of the molecule is CCC(C)(CCC(C)C(C)CCC(C)C(C)C)CC(C)CCC(C)C(C)CCC(C)C(C)C. The molecule has 8 unspecified atom stereocenters. The minimum Gasteiger partial charge on any atom is -0.0649 e. The van der Waals surface area contributed by atoms with Gasteiger partial charge in [0.15, 0.2) is 0 Å². The van der Waals surface area contributed by atoms with Crippen LogP contribution in [0.25, 0.3) is 0 Å². The molecule has 0 aliphatic carbocycles. The third kappa shape index (κ3) is 14.2. The Hall–Kier alpha value is 0. The van der Waals surface area contributed by atoms with E-state index in [-0.39, 0.29) is 0 Å². The molecule has 0 rings (SSSR count). The summed E-state index contributed by atoms with van der Waals surface area (Å²) in [5.74, 6) is 7.72. The Labute approximate surface area is 212 Å². The molecule has 0 N–H and O–H groups in total. The first-order valence-electron chi connectivity index (χ1n) is 15.2. The highest BCUT2D eigenvalue weighted by atomic mass is 14.3. The first-order chi connectivity index (χ1) is 15.2. The topological polar surface area (TPSA) is 0 Å². The van der Waals surface area contributed by atoms with Gasteiger partial charge in [-0.2, -0.15) is 0 Å². The lowest BCUT2D eigenvalue weighted by Crippen LogP contribution is -2.22. The van der Waals surface area contributed by atoms with Gasteiger partial charge < -0.3 is 0 Å². The van der Waals surface area contributed by atoms with Gasteiger partial charge >= 0.3 is 0 Å². The van der Waals surface area contributed by atoms with Crippen molar-refractivity contribution in [3.05, 3.63) is 0 Å². The number of hydrogen-bond acceptors (Lipinski definition) is 0. The molecular weight excluding hydrogens is 396 g/mol. The maximum Gasteiger partial charge on any atom is -0.0326 e. The summed E-state index contributed by atoms with van der Waals surface area (Å²) in [4.78, 5) is 0. The Morgan fingerprint density at radius 1 is 0.455 bits per heavy atom. The van der Waals surface area contributed by atoms with Gasteiger partial charge in [0.1, 0.15) is 0 Å². The van der Waals surface area contributed by atoms with Gasteiger partial charge in [0.05, 0.1) is 0 Å². The zero-order valence-electron chi connectivity index (χ0n) is 25.8. The van der Waals surface area contributed by atoms with E-state index in [0.29, 0.717) is 5.41 Å². The third-order valence-electron chi connectivity index (χ3n) is 10.4. The monoisotopic (exact) mass is 465 g/mol. The molecular formula is C33H68. The first kappa shape index (κ1) is 33.0. The fraction of sp³-hybridized carbons (Fsp3) is 1.00. The Bertz CT molecular complexity index is 463. The predicted octanol–water partition coefficient (Wildman–Crippen LogP) is 11.7. The van der Waals surface area contributed by atoms with Crippen molar-refractivity contribution in [1.29, 1.82) is 0 Å². The van der Waals surface area contributed by atoms with Gasteiger partial charge in [0.2, 0.25) is 0 Å². The molecule has 8 atom stereocenters. The number of hydrogen-bond donors (Lipinski definition) is 0. The van der Waals surface area contributed by atoms with Crippen LogP contribution in [0.4, 0.5) is 0 Å². The zero-order valence-corrected chi connectivity index (χ0v) is 25.8. The van der Waals surface area contributed by atoms with Gasteiger partial charge in [-0.25, -0.2) is 0 Å². The van der Waals surface area contributed by atoms with Crippen LogP contribution in [-0.2, 0) is 0 Å². The van der Waals surface area contributed by atoms with Crippen molar-refractivity contribution in [3.8, 4) is 0 Å². The second kappa shape index (κ2) is 16.6. The fourth-order valence-electron chi connectivity index (χ4n) is 5.35. The van der Waals surface area contributed by atoms with Crippen LogP contribution >= 0.6 is 0 Å². The summed E-state index contributed by atoms with van der Waals surface area (Å²) < 4.78 is 0. The molecule has 0 heteroatoms. The lowest BCUT2D eigenvalue weighted by Gasteiger charge is -2.34. The Kier molecular flexibility index (Phi) is 16.6. The van der Waals surface area contributed by atoms with E-state index in [9.17, 15) is 0 Å². The molecule has 0 bridgehead atoms. The van der Waals surface area contributed by atoms with Gasteiger partial charge in [-0.05, 0) is 77.9 Å². The third-order valence-corrected chi connectivity index (χ3v) is 10.4. The summed E-state index contributed by atoms with van der Waals surface area (Å²) in [5.41, 5.74) is 0.528. The lowest BCUT2D eigenvalue weighted by molar-refractivity contribution is 0.176. The molecule has 0 heterocycles. The van der Waals surface area contributed by atoms with Gasteiger partial charge in [0, 0.05) is 0 Å². The van der Waals surface area contributed by atoms with Crippen LogP contribution in [-0.4, -0.2) is 0 Å². The minimum atomic E-state index is 0.528. The predicted molar refractivity (Wildman–Crippen MR) is 154 cm³/mol. The average molecular weight is 465 g/mol. The summed E-state index contributed by atoms with van der Waals surface area (Å²) in [7, 11) is 0. The molecule has 0 radical (unpaired) electrons. The van der Waals surface area contributed by atoms with E-state index in [4.69, 9.17) is 0 Å². The average Bonchev–Trinajstić information content (AvgIpc) is 2.76. The van der Waals surface area contributed by atoms with E-state index in [1.807, 2.05) is 0 Å². The van der Waals surface area contributed by atoms with Crippen molar-refractivity contribution in [2.45, 2.75) is 154 Å². The smallest absolute Gasteiger partial charge is 0.0326 e. The first-order valence-corrected chi connectivity index (χ1v) is 15.2. The lowest BCUT2D eigenvalue weighted by atomic mass is 9.72. The van der Waals surface area contributed by atoms with Gasteiger partial charge in [0.25, 0.3) is 0 Å². The summed E-state index contributed by atoms with van der Waals surface area (Å²) >= 11 is 0. The van der Waals surface area contributed by atoms with Crippen LogP contribution in [0.15, 0.2) is 0 Å². The summed E-state index contributed by atoms with van der Waals surface area (Å²) in [6, 6.07) is 0. The fourth-order valence-corrected chi connectivity index (χ4v) is 5.35. The molecule has 0 spiro atoms. The van der Waals surface area contributed by atoms with Crippen LogP contribution in [0.3, 0.4) is 0 Å². The van der Waals surface area contributed by atoms with Crippen molar-refractivity contribution in [1.82, 2.24) is 0 Å². The molecule has 0 aliphatic rings. The Morgan fingerprint density at radius 3 is 1.15 bits per heavy atom. The summed E-state index contributed by atoms with van der Waals surface area (Å²) in [6.45, 7) is 32.0. The Morgan fingerprint density at radius 2 is 0.788 bits per heavy atom. The maximum absolute atomic E-state index is 2.58. The molecule has 0 aromatic heterocycles. The zero-order chi connectivity index (χ0) is 25.8. The van der Waals surface area contributed by atoms with Crippen LogP contribution in [0.5, 0.6) is 0 Å². The second-order valence-corrected chi connectivity index (χ2v) is 14.1. The normalized spacial score (nSPS) is 20.8. The van der Waals surface area contributed by atoms with Crippen LogP contribution in [0.1, 0.15) is 154 Å². The molecule has 0 amide bonds. The van der Waals surface area contributed by atoms with Crippen molar-refractivity contribution in [2.75, 3.05) is 0 Å². The molecule has 0 aromatic carbocycles. The largest absolute Gasteiger partial charge is 0.0649 e. The molecule has 0 saturated heterocycles. The highest BCUT2D eigenvalue weighted by molar-refractivity contribution is 4.78. The summed E-state index contributed by atoms with van der Waals surface area (Å²) in [6.07, 6.45) is 14.0. The molecule has 200 valence electrons. The van der Waals surface area contributed by atoms with E-state index in [1.54, 1.807) is 0 Å². The summed E-state index contributed by atoms with van der Waals surface area (Å²) in [5, 5.41) is 0. The highest BCUT2D eigenvalue weighted by Crippen LogP contribution is 2.39. The van der Waals surface area contributed by atoms with E-state index >= 15 is 0 Å². The standard InChI is InChI=1S/C33H68/c1-14-33(13,22-21-32(12)31(11)20-18-28(8)25(4)5)23-26(6)15-16-29(9)30(10)19-17-27(7)24(2)3/h24-32H,14-23H2,1-13H3. The van der Waals surface area contributed by atoms with E-state index < -0.39 is 0 Å². The molecule has 0 aliphatic heterocycles. The second-order valence-electron chi connectivity index (χ2n) is 14.1. The maximum atomic E-state index is 2.58. The van der Waals surface area contributed by atoms with Gasteiger partial charge in [-0.1, -0.05) is 135 Å². The van der Waals surface area contributed by atoms with Crippen molar-refractivity contribution in [3.63, 3.8) is 0 Å². The van der Waals surface area contributed by atoms with Crippen LogP contribution < -0.4 is 0 Å². The van der Waals surface area contributed by atoms with Crippen molar-refractivity contribution >= 4 is 0 Å². The highest BCUT2D eigenvalue weighted by Gasteiger charge is 2.27. The van der Waals surface area contributed by atoms with Gasteiger partial charge in [-0.3, -0.25) is 0 Å². The van der Waals surface area contributed by atoms with E-state index in [1.165, 1.54) is 64.2 Å². The van der Waals surface area contributed by atoms with Crippen molar-refractivity contribution in [2.24, 2.45) is 58.7 Å².